The summed E-state index contributed by atoms with van der Waals surface area (Å²) in [5.74, 6) is 7.43. The van der Waals surface area contributed by atoms with Crippen LogP contribution in [0.5, 0.6) is 0 Å². The van der Waals surface area contributed by atoms with Crippen LogP contribution in [-0.2, 0) is 0 Å². The van der Waals surface area contributed by atoms with E-state index in [1.54, 1.807) is 4.41 Å². The van der Waals surface area contributed by atoms with Gasteiger partial charge in [0.2, 0.25) is 0 Å². The van der Waals surface area contributed by atoms with Crippen LogP contribution in [0.1, 0.15) is 19.3 Å². The fourth-order valence-corrected chi connectivity index (χ4v) is 10.6. The van der Waals surface area contributed by atoms with E-state index in [4.69, 9.17) is 5.11 Å². The minimum absolute atomic E-state index is 0.345. The summed E-state index contributed by atoms with van der Waals surface area (Å²) in [5, 5.41) is 8.82. The molecule has 0 bridgehead atoms. The van der Waals surface area contributed by atoms with Crippen LogP contribution in [0.2, 0.25) is 36.9 Å². The first-order chi connectivity index (χ1) is 6.67. The van der Waals surface area contributed by atoms with Crippen LogP contribution in [0.3, 0.4) is 0 Å². The first kappa shape index (κ1) is 15.5. The Morgan fingerprint density at radius 3 is 2.00 bits per heavy atom. The molecule has 0 fully saturated rings. The molecule has 0 saturated carbocycles. The summed E-state index contributed by atoms with van der Waals surface area (Å²) >= 11 is -1.63. The maximum absolute atomic E-state index is 8.82. The van der Waals surface area contributed by atoms with Gasteiger partial charge in [0.25, 0.3) is 0 Å². The molecule has 0 aromatic carbocycles. The molecule has 0 amide bonds. The number of unbranched alkanes of at least 4 members (excludes halogenated alkanes) is 1. The predicted molar refractivity (Wildman–Crippen MR) is 75.7 cm³/mol. The Balaban J connectivity index is 4.54. The van der Waals surface area contributed by atoms with Crippen LogP contribution < -0.4 is 0 Å². The summed E-state index contributed by atoms with van der Waals surface area (Å²) in [6, 6.07) is 0. The van der Waals surface area contributed by atoms with Crippen molar-refractivity contribution in [3.63, 3.8) is 0 Å². The third kappa shape index (κ3) is 8.29. The molecule has 0 saturated heterocycles. The Kier molecular flexibility index (Phi) is 6.45. The van der Waals surface area contributed by atoms with E-state index in [2.05, 4.69) is 42.6 Å². The van der Waals surface area contributed by atoms with E-state index in [1.807, 2.05) is 0 Å². The quantitative estimate of drug-likeness (QED) is 0.582. The summed E-state index contributed by atoms with van der Waals surface area (Å²) in [5.41, 5.74) is 2.62. The van der Waals surface area contributed by atoms with E-state index < -0.39 is 21.3 Å². The van der Waals surface area contributed by atoms with Crippen molar-refractivity contribution >= 4 is 21.3 Å². The average molecular weight is 289 g/mol. The van der Waals surface area contributed by atoms with Crippen molar-refractivity contribution in [1.82, 2.24) is 0 Å². The molecule has 0 aromatic heterocycles. The van der Waals surface area contributed by atoms with E-state index in [0.717, 1.165) is 12.8 Å². The van der Waals surface area contributed by atoms with Crippen LogP contribution in [0, 0.1) is 0 Å². The first-order valence-corrected chi connectivity index (χ1v) is 16.9. The van der Waals surface area contributed by atoms with Crippen molar-refractivity contribution < 1.29 is 5.11 Å². The zero-order valence-corrected chi connectivity index (χ0v) is 14.5. The molecule has 0 aliphatic rings. The molecule has 0 unspecified atom stereocenters. The second-order valence-corrected chi connectivity index (χ2v) is 22.3. The summed E-state index contributed by atoms with van der Waals surface area (Å²) in [6.07, 6.45) is 3.35. The van der Waals surface area contributed by atoms with E-state index in [9.17, 15) is 0 Å². The average Bonchev–Trinajstić information content (AvgIpc) is 1.99. The van der Waals surface area contributed by atoms with E-state index in [1.165, 1.54) is 6.42 Å². The van der Waals surface area contributed by atoms with Gasteiger partial charge in [0.15, 0.2) is 0 Å². The molecule has 0 aliphatic carbocycles. The van der Waals surface area contributed by atoms with Gasteiger partial charge in [-0.05, 0) is 0 Å². The number of rotatable bonds is 6. The molecule has 0 radical (unpaired) electrons. The first-order valence-electron chi connectivity index (χ1n) is 6.00. The second-order valence-electron chi connectivity index (χ2n) is 6.47. The fraction of sp³-hybridized carbons (Fsp3) is 0.833. The van der Waals surface area contributed by atoms with Crippen LogP contribution >= 0.6 is 0 Å². The molecule has 1 N–H and O–H groups in total. The molecule has 0 heterocycles. The van der Waals surface area contributed by atoms with Gasteiger partial charge in [0.1, 0.15) is 0 Å². The second kappa shape index (κ2) is 6.26. The summed E-state index contributed by atoms with van der Waals surface area (Å²) < 4.78 is 1.77. The van der Waals surface area contributed by atoms with Crippen LogP contribution in [0.15, 0.2) is 10.1 Å². The molecular formula is C12H28GeOSi. The molecule has 0 atom stereocenters. The molecule has 0 aromatic rings. The standard InChI is InChI=1S/C12H28GeOSi/c1-13(2,3)12(9-7-8-10-14)11-15(4,5)6/h11,14H,7-10H2,1-6H3/b12-11-. The third-order valence-corrected chi connectivity index (χ3v) is 9.11. The van der Waals surface area contributed by atoms with E-state index in [-0.39, 0.29) is 0 Å². The minimum atomic E-state index is -1.63. The van der Waals surface area contributed by atoms with Gasteiger partial charge in [-0.15, -0.1) is 0 Å². The topological polar surface area (TPSA) is 20.2 Å². The molecule has 0 aliphatic heterocycles. The molecular weight excluding hydrogens is 261 g/mol. The number of aliphatic hydroxyl groups excluding tert-OH is 1. The van der Waals surface area contributed by atoms with Crippen molar-refractivity contribution in [3.05, 3.63) is 10.1 Å². The normalized spacial score (nSPS) is 14.5. The van der Waals surface area contributed by atoms with Crippen molar-refractivity contribution in [2.45, 2.75) is 56.2 Å². The van der Waals surface area contributed by atoms with Crippen molar-refractivity contribution in [3.8, 4) is 0 Å². The van der Waals surface area contributed by atoms with Gasteiger partial charge in [-0.2, -0.15) is 0 Å². The van der Waals surface area contributed by atoms with E-state index in [0.29, 0.717) is 6.61 Å². The van der Waals surface area contributed by atoms with Crippen LogP contribution in [0.25, 0.3) is 0 Å². The Morgan fingerprint density at radius 2 is 1.67 bits per heavy atom. The van der Waals surface area contributed by atoms with Gasteiger partial charge in [0.05, 0.1) is 0 Å². The number of hydrogen-bond donors (Lipinski definition) is 1. The third-order valence-electron chi connectivity index (χ3n) is 2.42. The van der Waals surface area contributed by atoms with Gasteiger partial charge in [-0.1, -0.05) is 0 Å². The summed E-state index contributed by atoms with van der Waals surface area (Å²) in [6.45, 7) is 7.57. The molecule has 3 heteroatoms. The zero-order chi connectivity index (χ0) is 12.1. The van der Waals surface area contributed by atoms with Crippen molar-refractivity contribution in [2.24, 2.45) is 0 Å². The predicted octanol–water partition coefficient (Wildman–Crippen LogP) is 3.83. The van der Waals surface area contributed by atoms with Crippen LogP contribution in [0.4, 0.5) is 0 Å². The SMILES string of the molecule is C[Si](C)(C)/C=[C](/CCCCO)[Ge]([CH3])([CH3])[CH3]. The maximum atomic E-state index is 8.82. The monoisotopic (exact) mass is 290 g/mol. The van der Waals surface area contributed by atoms with Gasteiger partial charge in [-0.3, -0.25) is 0 Å². The van der Waals surface area contributed by atoms with E-state index >= 15 is 0 Å². The molecule has 1 nitrogen and oxygen atoms in total. The molecule has 0 spiro atoms. The molecule has 15 heavy (non-hydrogen) atoms. The van der Waals surface area contributed by atoms with Crippen molar-refractivity contribution in [2.75, 3.05) is 6.61 Å². The fourth-order valence-electron chi connectivity index (χ4n) is 1.61. The Bertz CT molecular complexity index is 211. The molecule has 0 rings (SSSR count). The van der Waals surface area contributed by atoms with Gasteiger partial charge in [-0.25, -0.2) is 0 Å². The Labute approximate surface area is 99.3 Å². The Hall–Kier alpha value is 0.460. The molecule has 90 valence electrons. The summed E-state index contributed by atoms with van der Waals surface area (Å²) in [4.78, 5) is 0. The van der Waals surface area contributed by atoms with Gasteiger partial charge in [0, 0.05) is 0 Å². The van der Waals surface area contributed by atoms with Gasteiger partial charge >= 0.3 is 99.3 Å². The zero-order valence-electron chi connectivity index (χ0n) is 11.4. The Morgan fingerprint density at radius 1 is 1.13 bits per heavy atom. The number of aliphatic hydroxyl groups is 1. The van der Waals surface area contributed by atoms with Crippen LogP contribution in [-0.4, -0.2) is 33.1 Å². The number of allylic oxidation sites excluding steroid dienone is 1. The number of hydrogen-bond acceptors (Lipinski definition) is 1. The van der Waals surface area contributed by atoms with Gasteiger partial charge < -0.3 is 0 Å². The van der Waals surface area contributed by atoms with Crippen molar-refractivity contribution in [1.29, 1.82) is 0 Å². The summed E-state index contributed by atoms with van der Waals surface area (Å²) in [7, 11) is -1.07.